The van der Waals surface area contributed by atoms with Crippen LogP contribution in [0.3, 0.4) is 0 Å². The number of likely N-dealkylation sites (tertiary alicyclic amines) is 1. The maximum atomic E-state index is 13.0. The van der Waals surface area contributed by atoms with Gasteiger partial charge in [-0.1, -0.05) is 6.07 Å². The van der Waals surface area contributed by atoms with E-state index >= 15 is 0 Å². The van der Waals surface area contributed by atoms with Crippen LogP contribution in [0.1, 0.15) is 67.8 Å². The minimum Gasteiger partial charge on any atom is -0.444 e. The number of hydrogen-bond acceptors (Lipinski definition) is 10. The molecule has 2 heterocycles. The Morgan fingerprint density at radius 1 is 1.35 bits per heavy atom. The second-order valence-electron chi connectivity index (χ2n) is 10.3. The van der Waals surface area contributed by atoms with Crippen molar-refractivity contribution >= 4 is 12.0 Å². The lowest BCUT2D eigenvalue weighted by Crippen LogP contribution is -2.46. The molecule has 0 radical (unpaired) electrons. The summed E-state index contributed by atoms with van der Waals surface area (Å²) in [7, 11) is 0. The summed E-state index contributed by atoms with van der Waals surface area (Å²) in [5, 5.41) is 21.6. The van der Waals surface area contributed by atoms with E-state index in [1.54, 1.807) is 37.8 Å². The zero-order chi connectivity index (χ0) is 26.7. The fourth-order valence-electron chi connectivity index (χ4n) is 4.39. The van der Waals surface area contributed by atoms with Crippen molar-refractivity contribution in [3.8, 4) is 17.5 Å². The highest BCUT2D eigenvalue weighted by Gasteiger charge is 2.39. The molecule has 1 aromatic carbocycles. The summed E-state index contributed by atoms with van der Waals surface area (Å²) < 4.78 is 11.3. The Bertz CT molecular complexity index is 1220. The van der Waals surface area contributed by atoms with Crippen molar-refractivity contribution in [1.82, 2.24) is 25.4 Å². The zero-order valence-electron chi connectivity index (χ0n) is 21.2. The van der Waals surface area contributed by atoms with Gasteiger partial charge in [-0.2, -0.15) is 5.26 Å². The summed E-state index contributed by atoms with van der Waals surface area (Å²) in [5.74, 6) is 5.78. The van der Waals surface area contributed by atoms with Crippen LogP contribution in [0.2, 0.25) is 0 Å². The van der Waals surface area contributed by atoms with Crippen molar-refractivity contribution in [1.29, 1.82) is 5.26 Å². The van der Waals surface area contributed by atoms with Gasteiger partial charge in [-0.05, 0) is 63.6 Å². The van der Waals surface area contributed by atoms with Crippen LogP contribution in [0.15, 0.2) is 35.0 Å². The molecular weight excluding hydrogens is 476 g/mol. The molecule has 4 rings (SSSR count). The Hall–Kier alpha value is -4.11. The second-order valence-corrected chi connectivity index (χ2v) is 10.3. The molecule has 2 amide bonds. The maximum absolute atomic E-state index is 13.0. The third kappa shape index (κ3) is 6.37. The van der Waals surface area contributed by atoms with Gasteiger partial charge in [0.1, 0.15) is 5.60 Å². The van der Waals surface area contributed by atoms with E-state index in [2.05, 4.69) is 21.6 Å². The molecule has 12 nitrogen and oxygen atoms in total. The van der Waals surface area contributed by atoms with Crippen molar-refractivity contribution in [2.24, 2.45) is 11.6 Å². The van der Waals surface area contributed by atoms with Gasteiger partial charge >= 0.3 is 17.9 Å². The molecule has 1 saturated carbocycles. The number of hydrogen-bond donors (Lipinski definition) is 3. The molecule has 2 atom stereocenters. The van der Waals surface area contributed by atoms with Crippen molar-refractivity contribution in [2.45, 2.75) is 63.6 Å². The number of nitrogens with two attached hydrogens (primary N) is 2. The number of amides is 2. The third-order valence-corrected chi connectivity index (χ3v) is 6.13. The molecular formula is C25H32N8O4. The third-order valence-electron chi connectivity index (χ3n) is 6.13. The molecule has 0 bridgehead atoms. The van der Waals surface area contributed by atoms with Crippen LogP contribution in [-0.4, -0.2) is 62.9 Å². The first-order valence-electron chi connectivity index (χ1n) is 12.2. The van der Waals surface area contributed by atoms with Crippen LogP contribution in [0, 0.1) is 11.3 Å². The highest BCUT2D eigenvalue weighted by Crippen LogP contribution is 2.44. The number of rotatable bonds is 7. The summed E-state index contributed by atoms with van der Waals surface area (Å²) >= 11 is 0. The van der Waals surface area contributed by atoms with Gasteiger partial charge in [-0.25, -0.2) is 10.6 Å². The Morgan fingerprint density at radius 2 is 2.11 bits per heavy atom. The molecule has 0 spiro atoms. The van der Waals surface area contributed by atoms with E-state index in [1.165, 1.54) is 17.4 Å². The maximum Gasteiger partial charge on any atom is 0.410 e. The highest BCUT2D eigenvalue weighted by atomic mass is 16.6. The van der Waals surface area contributed by atoms with E-state index in [4.69, 9.17) is 20.7 Å². The van der Waals surface area contributed by atoms with Crippen LogP contribution in [0.4, 0.5) is 4.79 Å². The number of carbonyl (C=O) groups excluding carboxylic acids is 2. The minimum atomic E-state index is -0.676. The predicted molar refractivity (Wildman–Crippen MR) is 133 cm³/mol. The van der Waals surface area contributed by atoms with E-state index in [1.807, 2.05) is 6.07 Å². The first-order valence-corrected chi connectivity index (χ1v) is 12.2. The van der Waals surface area contributed by atoms with Gasteiger partial charge < -0.3 is 30.1 Å². The number of nitrogens with one attached hydrogen (secondary N) is 1. The minimum absolute atomic E-state index is 0.191. The Balaban J connectivity index is 1.48. The SMILES string of the molecule is CC(C)(C)OC(=O)N1C[C@H](NC(=O)c2nnc(-c3cc(C#N)ccc3C3CC3)o2)C[C@H]1CN(N)/C=C\N. The van der Waals surface area contributed by atoms with Gasteiger partial charge in [0, 0.05) is 30.5 Å². The van der Waals surface area contributed by atoms with Crippen molar-refractivity contribution < 1.29 is 18.7 Å². The van der Waals surface area contributed by atoms with Gasteiger partial charge in [-0.3, -0.25) is 4.79 Å². The average molecular weight is 509 g/mol. The molecule has 1 aliphatic carbocycles. The zero-order valence-corrected chi connectivity index (χ0v) is 21.2. The second kappa shape index (κ2) is 10.5. The average Bonchev–Trinajstić information content (AvgIpc) is 3.41. The van der Waals surface area contributed by atoms with E-state index in [0.717, 1.165) is 18.4 Å². The van der Waals surface area contributed by atoms with Gasteiger partial charge in [-0.15, -0.1) is 10.2 Å². The number of benzene rings is 1. The summed E-state index contributed by atoms with van der Waals surface area (Å²) in [5.41, 5.74) is 6.92. The van der Waals surface area contributed by atoms with Crippen LogP contribution in [-0.2, 0) is 4.74 Å². The van der Waals surface area contributed by atoms with Gasteiger partial charge in [0.25, 0.3) is 0 Å². The smallest absolute Gasteiger partial charge is 0.410 e. The molecule has 2 fully saturated rings. The number of nitrogens with zero attached hydrogens (tertiary/aromatic N) is 5. The van der Waals surface area contributed by atoms with E-state index in [9.17, 15) is 14.9 Å². The summed E-state index contributed by atoms with van der Waals surface area (Å²) in [6.07, 6.45) is 4.85. The Kier molecular flexibility index (Phi) is 7.35. The van der Waals surface area contributed by atoms with Crippen molar-refractivity contribution in [3.05, 3.63) is 47.6 Å². The lowest BCUT2D eigenvalue weighted by molar-refractivity contribution is 0.0204. The highest BCUT2D eigenvalue weighted by molar-refractivity contribution is 5.90. The standard InChI is InChI=1S/C25H32N8O4/c1-25(2,3)37-24(35)33-13-17(11-18(33)14-32(28)9-8-26)29-21(34)23-31-30-22(36-23)20-10-15(12-27)4-7-19(20)16-5-6-16/h4,7-10,16-18H,5-6,11,13-14,26,28H2,1-3H3,(H,29,34)/b9-8-/t17-,18+/m1/s1. The van der Waals surface area contributed by atoms with E-state index in [-0.39, 0.29) is 30.4 Å². The fraction of sp³-hybridized carbons (Fsp3) is 0.480. The van der Waals surface area contributed by atoms with Crippen LogP contribution < -0.4 is 16.9 Å². The molecule has 1 aliphatic heterocycles. The van der Waals surface area contributed by atoms with Gasteiger partial charge in [0.2, 0.25) is 5.89 Å². The monoisotopic (exact) mass is 508 g/mol. The van der Waals surface area contributed by atoms with Gasteiger partial charge in [0.05, 0.1) is 24.2 Å². The van der Waals surface area contributed by atoms with Crippen molar-refractivity contribution in [3.63, 3.8) is 0 Å². The molecule has 37 heavy (non-hydrogen) atoms. The molecule has 5 N–H and O–H groups in total. The fourth-order valence-corrected chi connectivity index (χ4v) is 4.39. The molecule has 2 aliphatic rings. The first-order chi connectivity index (χ1) is 17.6. The molecule has 2 aromatic rings. The quantitative estimate of drug-likeness (QED) is 0.371. The number of hydrazine groups is 1. The Labute approximate surface area is 215 Å². The first kappa shape index (κ1) is 26.0. The predicted octanol–water partition coefficient (Wildman–Crippen LogP) is 2.20. The topological polar surface area (TPSA) is 177 Å². The van der Waals surface area contributed by atoms with Gasteiger partial charge in [0.15, 0.2) is 0 Å². The summed E-state index contributed by atoms with van der Waals surface area (Å²) in [4.78, 5) is 27.4. The van der Waals surface area contributed by atoms with Crippen LogP contribution >= 0.6 is 0 Å². The number of ether oxygens (including phenoxy) is 1. The lowest BCUT2D eigenvalue weighted by Gasteiger charge is -2.30. The molecule has 196 valence electrons. The van der Waals surface area contributed by atoms with Crippen LogP contribution in [0.5, 0.6) is 0 Å². The summed E-state index contributed by atoms with van der Waals surface area (Å²) in [6, 6.07) is 6.78. The van der Waals surface area contributed by atoms with E-state index < -0.39 is 17.6 Å². The Morgan fingerprint density at radius 3 is 2.76 bits per heavy atom. The molecule has 1 saturated heterocycles. The lowest BCUT2D eigenvalue weighted by atomic mass is 10.0. The largest absolute Gasteiger partial charge is 0.444 e. The van der Waals surface area contributed by atoms with Crippen LogP contribution in [0.25, 0.3) is 11.5 Å². The molecule has 12 heteroatoms. The number of carbonyl (C=O) groups is 2. The van der Waals surface area contributed by atoms with Crippen molar-refractivity contribution in [2.75, 3.05) is 13.1 Å². The number of aromatic nitrogens is 2. The van der Waals surface area contributed by atoms with E-state index in [0.29, 0.717) is 30.0 Å². The molecule has 1 aromatic heterocycles. The summed E-state index contributed by atoms with van der Waals surface area (Å²) in [6.45, 7) is 5.88. The normalized spacial score (nSPS) is 19.6. The molecule has 0 unspecified atom stereocenters. The number of nitriles is 1.